The van der Waals surface area contributed by atoms with E-state index in [9.17, 15) is 14.4 Å². The highest BCUT2D eigenvalue weighted by atomic mass is 79.9. The minimum atomic E-state index is -1.87. The minimum absolute atomic E-state index is 0.0756. The summed E-state index contributed by atoms with van der Waals surface area (Å²) in [6, 6.07) is 20.2. The Balaban J connectivity index is 1.96. The SMILES string of the molecule is CCOC(=O)C(Br)(Cc1oc2ccc3ccccc3c2c1C(=O)c1ccccc1)C(=O)OCC. The van der Waals surface area contributed by atoms with Crippen LogP contribution in [0.2, 0.25) is 0 Å². The van der Waals surface area contributed by atoms with Crippen molar-refractivity contribution in [2.45, 2.75) is 24.6 Å². The summed E-state index contributed by atoms with van der Waals surface area (Å²) < 4.78 is 14.6. The number of halogens is 1. The van der Waals surface area contributed by atoms with Crippen LogP contribution in [0.25, 0.3) is 21.7 Å². The maximum Gasteiger partial charge on any atom is 0.334 e. The van der Waals surface area contributed by atoms with Gasteiger partial charge in [0.25, 0.3) is 0 Å². The molecule has 4 rings (SSSR count). The molecule has 0 amide bonds. The molecule has 0 aliphatic rings. The van der Waals surface area contributed by atoms with Crippen molar-refractivity contribution in [3.05, 3.63) is 83.6 Å². The van der Waals surface area contributed by atoms with Crippen molar-refractivity contribution >= 4 is 55.4 Å². The lowest BCUT2D eigenvalue weighted by Crippen LogP contribution is -2.45. The molecule has 174 valence electrons. The number of fused-ring (bicyclic) bond motifs is 3. The van der Waals surface area contributed by atoms with E-state index in [1.54, 1.807) is 44.2 Å². The summed E-state index contributed by atoms with van der Waals surface area (Å²) in [5, 5.41) is 2.40. The summed E-state index contributed by atoms with van der Waals surface area (Å²) in [5.41, 5.74) is 1.25. The van der Waals surface area contributed by atoms with Crippen molar-refractivity contribution in [3.63, 3.8) is 0 Å². The van der Waals surface area contributed by atoms with Gasteiger partial charge in [-0.05, 0) is 30.7 Å². The van der Waals surface area contributed by atoms with Crippen molar-refractivity contribution in [2.75, 3.05) is 13.2 Å². The summed E-state index contributed by atoms with van der Waals surface area (Å²) in [6.45, 7) is 3.45. The number of benzene rings is 3. The lowest BCUT2D eigenvalue weighted by atomic mass is 9.93. The average molecular weight is 523 g/mol. The van der Waals surface area contributed by atoms with E-state index in [-0.39, 0.29) is 31.2 Å². The maximum atomic E-state index is 13.8. The van der Waals surface area contributed by atoms with E-state index < -0.39 is 16.3 Å². The first-order chi connectivity index (χ1) is 16.4. The third-order valence-corrected chi connectivity index (χ3v) is 6.45. The smallest absolute Gasteiger partial charge is 0.334 e. The number of esters is 2. The highest BCUT2D eigenvalue weighted by Crippen LogP contribution is 2.38. The maximum absolute atomic E-state index is 13.8. The van der Waals surface area contributed by atoms with Gasteiger partial charge in [0.05, 0.1) is 18.8 Å². The molecule has 0 bridgehead atoms. The number of carbonyl (C=O) groups excluding carboxylic acids is 3. The zero-order valence-corrected chi connectivity index (χ0v) is 20.4. The largest absolute Gasteiger partial charge is 0.464 e. The Hall–Kier alpha value is -3.45. The van der Waals surface area contributed by atoms with E-state index in [0.717, 1.165) is 10.8 Å². The van der Waals surface area contributed by atoms with Crippen LogP contribution in [0.15, 0.2) is 71.1 Å². The highest BCUT2D eigenvalue weighted by Gasteiger charge is 2.48. The fourth-order valence-electron chi connectivity index (χ4n) is 3.96. The van der Waals surface area contributed by atoms with Gasteiger partial charge in [-0.15, -0.1) is 0 Å². The Morgan fingerprint density at radius 1 is 0.853 bits per heavy atom. The molecule has 1 heterocycles. The fourth-order valence-corrected chi connectivity index (χ4v) is 4.44. The molecule has 0 aliphatic heterocycles. The van der Waals surface area contributed by atoms with Crippen LogP contribution in [0.5, 0.6) is 0 Å². The summed E-state index contributed by atoms with van der Waals surface area (Å²) in [6.07, 6.45) is -0.262. The second-order valence-electron chi connectivity index (χ2n) is 7.67. The molecule has 0 radical (unpaired) electrons. The van der Waals surface area contributed by atoms with Gasteiger partial charge in [-0.1, -0.05) is 76.6 Å². The van der Waals surface area contributed by atoms with E-state index in [2.05, 4.69) is 15.9 Å². The molecule has 0 unspecified atom stereocenters. The third-order valence-electron chi connectivity index (χ3n) is 5.52. The minimum Gasteiger partial charge on any atom is -0.464 e. The zero-order valence-electron chi connectivity index (χ0n) is 18.8. The predicted molar refractivity (Wildman–Crippen MR) is 132 cm³/mol. The van der Waals surface area contributed by atoms with Crippen molar-refractivity contribution in [3.8, 4) is 0 Å². The summed E-state index contributed by atoms with van der Waals surface area (Å²) in [4.78, 5) is 39.5. The fraction of sp³-hybridized carbons (Fsp3) is 0.222. The Morgan fingerprint density at radius 3 is 2.12 bits per heavy atom. The highest BCUT2D eigenvalue weighted by molar-refractivity contribution is 9.10. The van der Waals surface area contributed by atoms with Gasteiger partial charge >= 0.3 is 11.9 Å². The Labute approximate surface area is 205 Å². The van der Waals surface area contributed by atoms with Crippen LogP contribution in [-0.2, 0) is 25.5 Å². The second kappa shape index (κ2) is 9.81. The molecular formula is C27H23BrO6. The first-order valence-electron chi connectivity index (χ1n) is 11.0. The number of ketones is 1. The quantitative estimate of drug-likeness (QED) is 0.129. The Morgan fingerprint density at radius 2 is 1.47 bits per heavy atom. The van der Waals surface area contributed by atoms with E-state index in [4.69, 9.17) is 13.9 Å². The first-order valence-corrected chi connectivity index (χ1v) is 11.8. The van der Waals surface area contributed by atoms with Gasteiger partial charge in [0.2, 0.25) is 4.32 Å². The molecule has 3 aromatic carbocycles. The van der Waals surface area contributed by atoms with Crippen LogP contribution in [-0.4, -0.2) is 35.3 Å². The van der Waals surface area contributed by atoms with Gasteiger partial charge in [0.1, 0.15) is 11.3 Å². The monoisotopic (exact) mass is 522 g/mol. The van der Waals surface area contributed by atoms with Gasteiger partial charge in [-0.2, -0.15) is 0 Å². The van der Waals surface area contributed by atoms with Crippen molar-refractivity contribution in [2.24, 2.45) is 0 Å². The van der Waals surface area contributed by atoms with Gasteiger partial charge in [0.15, 0.2) is 5.78 Å². The molecular weight excluding hydrogens is 500 g/mol. The Bertz CT molecular complexity index is 1350. The van der Waals surface area contributed by atoms with Gasteiger partial charge < -0.3 is 13.9 Å². The predicted octanol–water partition coefficient (Wildman–Crippen LogP) is 5.62. The lowest BCUT2D eigenvalue weighted by Gasteiger charge is -2.22. The number of alkyl halides is 1. The molecule has 7 heteroatoms. The number of hydrogen-bond acceptors (Lipinski definition) is 6. The molecule has 0 fully saturated rings. The van der Waals surface area contributed by atoms with Gasteiger partial charge in [-0.25, -0.2) is 9.59 Å². The summed E-state index contributed by atoms with van der Waals surface area (Å²) in [7, 11) is 0. The van der Waals surface area contributed by atoms with E-state index in [1.807, 2.05) is 36.4 Å². The number of rotatable bonds is 8. The van der Waals surface area contributed by atoms with Crippen LogP contribution in [0.3, 0.4) is 0 Å². The molecule has 0 aliphatic carbocycles. The zero-order chi connectivity index (χ0) is 24.3. The standard InChI is InChI=1S/C27H23BrO6/c1-3-32-25(30)27(28,26(31)33-4-2)16-21-23(24(29)18-11-6-5-7-12-18)22-19-13-9-8-10-17(19)14-15-20(22)34-21/h5-15H,3-4,16H2,1-2H3. The van der Waals surface area contributed by atoms with Crippen LogP contribution in [0.4, 0.5) is 0 Å². The lowest BCUT2D eigenvalue weighted by molar-refractivity contribution is -0.158. The van der Waals surface area contributed by atoms with E-state index in [1.165, 1.54) is 0 Å². The molecule has 34 heavy (non-hydrogen) atoms. The molecule has 1 aromatic heterocycles. The average Bonchev–Trinajstić information content (AvgIpc) is 3.22. The van der Waals surface area contributed by atoms with Crippen LogP contribution >= 0.6 is 15.9 Å². The summed E-state index contributed by atoms with van der Waals surface area (Å²) >= 11 is 3.28. The van der Waals surface area contributed by atoms with Gasteiger partial charge in [0, 0.05) is 17.4 Å². The van der Waals surface area contributed by atoms with Crippen molar-refractivity contribution in [1.82, 2.24) is 0 Å². The summed E-state index contributed by atoms with van der Waals surface area (Å²) in [5.74, 6) is -1.69. The second-order valence-corrected chi connectivity index (χ2v) is 9.03. The molecule has 6 nitrogen and oxygen atoms in total. The van der Waals surface area contributed by atoms with E-state index >= 15 is 0 Å². The topological polar surface area (TPSA) is 82.8 Å². The van der Waals surface area contributed by atoms with Crippen molar-refractivity contribution < 1.29 is 28.3 Å². The first kappa shape index (κ1) is 23.7. The number of ether oxygens (including phenoxy) is 2. The van der Waals surface area contributed by atoms with E-state index in [0.29, 0.717) is 22.1 Å². The van der Waals surface area contributed by atoms with Crippen LogP contribution < -0.4 is 0 Å². The number of carbonyl (C=O) groups is 3. The molecule has 0 spiro atoms. The molecule has 0 N–H and O–H groups in total. The van der Waals surface area contributed by atoms with Crippen LogP contribution in [0.1, 0.15) is 35.5 Å². The third kappa shape index (κ3) is 4.23. The molecule has 4 aromatic rings. The van der Waals surface area contributed by atoms with Crippen molar-refractivity contribution in [1.29, 1.82) is 0 Å². The molecule has 0 atom stereocenters. The normalized spacial score (nSPS) is 11.5. The van der Waals surface area contributed by atoms with Gasteiger partial charge in [-0.3, -0.25) is 4.79 Å². The molecule has 0 saturated carbocycles. The van der Waals surface area contributed by atoms with Crippen LogP contribution in [0, 0.1) is 0 Å². The number of furan rings is 1. The number of hydrogen-bond donors (Lipinski definition) is 0. The Kier molecular flexibility index (Phi) is 6.84. The molecule has 0 saturated heterocycles.